The van der Waals surface area contributed by atoms with E-state index < -0.39 is 0 Å². The van der Waals surface area contributed by atoms with Crippen molar-refractivity contribution < 1.29 is 9.53 Å². The number of piperazine rings is 1. The van der Waals surface area contributed by atoms with Crippen LogP contribution in [0.25, 0.3) is 0 Å². The van der Waals surface area contributed by atoms with Crippen molar-refractivity contribution in [1.29, 1.82) is 0 Å². The summed E-state index contributed by atoms with van der Waals surface area (Å²) >= 11 is 12.1. The number of ether oxygens (including phenoxy) is 1. The van der Waals surface area contributed by atoms with Crippen molar-refractivity contribution in [3.63, 3.8) is 0 Å². The summed E-state index contributed by atoms with van der Waals surface area (Å²) in [7, 11) is 2.01. The zero-order chi connectivity index (χ0) is 15.4. The zero-order valence-electron chi connectivity index (χ0n) is 12.3. The summed E-state index contributed by atoms with van der Waals surface area (Å²) in [6.07, 6.45) is 0. The molecule has 0 saturated carbocycles. The maximum absolute atomic E-state index is 12.1. The molecule has 1 atom stereocenters. The van der Waals surface area contributed by atoms with Gasteiger partial charge in [0.25, 0.3) is 0 Å². The highest BCUT2D eigenvalue weighted by atomic mass is 35.5. The Kier molecular flexibility index (Phi) is 5.88. The minimum Gasteiger partial charge on any atom is -0.465 e. The minimum atomic E-state index is -0.254. The molecule has 1 saturated heterocycles. The number of likely N-dealkylation sites (N-methyl/N-ethyl adjacent to an activating group) is 1. The summed E-state index contributed by atoms with van der Waals surface area (Å²) in [5.74, 6) is -0.172. The third-order valence-corrected chi connectivity index (χ3v) is 4.23. The van der Waals surface area contributed by atoms with Crippen LogP contribution in [0, 0.1) is 0 Å². The van der Waals surface area contributed by atoms with E-state index in [1.54, 1.807) is 6.07 Å². The van der Waals surface area contributed by atoms with Gasteiger partial charge in [0.1, 0.15) is 6.04 Å². The normalized spacial score (nSPS) is 20.5. The molecular formula is C15H20Cl2N2O2. The Hall–Kier alpha value is -0.810. The molecule has 1 fully saturated rings. The molecule has 0 amide bonds. The molecule has 1 aromatic carbocycles. The highest BCUT2D eigenvalue weighted by molar-refractivity contribution is 6.35. The lowest BCUT2D eigenvalue weighted by Crippen LogP contribution is -2.55. The fourth-order valence-electron chi connectivity index (χ4n) is 2.48. The summed E-state index contributed by atoms with van der Waals surface area (Å²) in [5.41, 5.74) is 0.972. The molecule has 1 heterocycles. The fraction of sp³-hybridized carbons (Fsp3) is 0.533. The van der Waals surface area contributed by atoms with E-state index in [0.717, 1.165) is 18.7 Å². The first-order chi connectivity index (χ1) is 10.0. The second kappa shape index (κ2) is 7.45. The molecule has 0 spiro atoms. The van der Waals surface area contributed by atoms with Gasteiger partial charge in [0, 0.05) is 36.2 Å². The lowest BCUT2D eigenvalue weighted by atomic mass is 10.1. The van der Waals surface area contributed by atoms with E-state index in [2.05, 4.69) is 9.80 Å². The van der Waals surface area contributed by atoms with E-state index in [0.29, 0.717) is 29.7 Å². The van der Waals surface area contributed by atoms with Crippen LogP contribution in [0.3, 0.4) is 0 Å². The van der Waals surface area contributed by atoms with E-state index in [4.69, 9.17) is 27.9 Å². The first-order valence-corrected chi connectivity index (χ1v) is 7.80. The Bertz CT molecular complexity index is 510. The predicted octanol–water partition coefficient (Wildman–Crippen LogP) is 2.67. The van der Waals surface area contributed by atoms with Crippen molar-refractivity contribution in [1.82, 2.24) is 9.80 Å². The topological polar surface area (TPSA) is 32.8 Å². The Labute approximate surface area is 135 Å². The van der Waals surface area contributed by atoms with Crippen LogP contribution < -0.4 is 0 Å². The standard InChI is InChI=1S/C15H20Cl2N2O2/c1-3-21-15(20)14-10-18(2)6-7-19(14)9-11-4-5-12(16)8-13(11)17/h4-5,8,14H,3,6-7,9-10H2,1-2H3. The highest BCUT2D eigenvalue weighted by Gasteiger charge is 2.32. The second-order valence-corrected chi connectivity index (χ2v) is 6.08. The summed E-state index contributed by atoms with van der Waals surface area (Å²) in [5, 5.41) is 1.24. The summed E-state index contributed by atoms with van der Waals surface area (Å²) in [6.45, 7) is 5.23. The fourth-order valence-corrected chi connectivity index (χ4v) is 2.95. The Morgan fingerprint density at radius 3 is 2.81 bits per heavy atom. The Morgan fingerprint density at radius 1 is 1.38 bits per heavy atom. The number of carbonyl (C=O) groups excluding carboxylic acids is 1. The lowest BCUT2D eigenvalue weighted by Gasteiger charge is -2.38. The molecule has 116 valence electrons. The average molecular weight is 331 g/mol. The van der Waals surface area contributed by atoms with Crippen molar-refractivity contribution in [3.8, 4) is 0 Å². The number of halogens is 2. The molecule has 0 N–H and O–H groups in total. The number of hydrogen-bond acceptors (Lipinski definition) is 4. The molecule has 0 radical (unpaired) electrons. The molecule has 1 aliphatic rings. The van der Waals surface area contributed by atoms with Gasteiger partial charge in [0.15, 0.2) is 0 Å². The van der Waals surface area contributed by atoms with Crippen LogP contribution in [0.15, 0.2) is 18.2 Å². The molecular weight excluding hydrogens is 311 g/mol. The molecule has 6 heteroatoms. The maximum Gasteiger partial charge on any atom is 0.324 e. The monoisotopic (exact) mass is 330 g/mol. The van der Waals surface area contributed by atoms with Gasteiger partial charge in [-0.1, -0.05) is 29.3 Å². The molecule has 0 bridgehead atoms. The van der Waals surface area contributed by atoms with E-state index >= 15 is 0 Å². The van der Waals surface area contributed by atoms with Gasteiger partial charge in [-0.2, -0.15) is 0 Å². The summed E-state index contributed by atoms with van der Waals surface area (Å²) in [4.78, 5) is 16.4. The van der Waals surface area contributed by atoms with E-state index in [1.165, 1.54) is 0 Å². The van der Waals surface area contributed by atoms with Crippen LogP contribution in [0.4, 0.5) is 0 Å². The third-order valence-electron chi connectivity index (χ3n) is 3.64. The van der Waals surface area contributed by atoms with Gasteiger partial charge in [0.2, 0.25) is 0 Å². The Morgan fingerprint density at radius 2 is 2.14 bits per heavy atom. The number of carbonyl (C=O) groups is 1. The zero-order valence-corrected chi connectivity index (χ0v) is 13.8. The van der Waals surface area contributed by atoms with Crippen LogP contribution in [0.5, 0.6) is 0 Å². The SMILES string of the molecule is CCOC(=O)C1CN(C)CCN1Cc1ccc(Cl)cc1Cl. The smallest absolute Gasteiger partial charge is 0.324 e. The summed E-state index contributed by atoms with van der Waals surface area (Å²) < 4.78 is 5.19. The number of nitrogens with zero attached hydrogens (tertiary/aromatic N) is 2. The number of benzene rings is 1. The molecule has 1 unspecified atom stereocenters. The predicted molar refractivity (Wildman–Crippen MR) is 84.8 cm³/mol. The van der Waals surface area contributed by atoms with Gasteiger partial charge in [-0.3, -0.25) is 9.69 Å². The van der Waals surface area contributed by atoms with Crippen molar-refractivity contribution in [2.24, 2.45) is 0 Å². The molecule has 0 aliphatic carbocycles. The lowest BCUT2D eigenvalue weighted by molar-refractivity contribution is -0.152. The third kappa shape index (κ3) is 4.33. The first-order valence-electron chi connectivity index (χ1n) is 7.04. The van der Waals surface area contributed by atoms with Crippen molar-refractivity contribution in [2.45, 2.75) is 19.5 Å². The van der Waals surface area contributed by atoms with Gasteiger partial charge < -0.3 is 9.64 Å². The first kappa shape index (κ1) is 16.6. The maximum atomic E-state index is 12.1. The largest absolute Gasteiger partial charge is 0.465 e. The highest BCUT2D eigenvalue weighted by Crippen LogP contribution is 2.24. The van der Waals surface area contributed by atoms with Crippen LogP contribution in [0.2, 0.25) is 10.0 Å². The second-order valence-electron chi connectivity index (χ2n) is 5.24. The van der Waals surface area contributed by atoms with E-state index in [9.17, 15) is 4.79 Å². The molecule has 0 aromatic heterocycles. The minimum absolute atomic E-state index is 0.172. The van der Waals surface area contributed by atoms with Crippen molar-refractivity contribution in [2.75, 3.05) is 33.3 Å². The quantitative estimate of drug-likeness (QED) is 0.794. The van der Waals surface area contributed by atoms with Crippen LogP contribution in [0.1, 0.15) is 12.5 Å². The molecule has 1 aromatic rings. The molecule has 21 heavy (non-hydrogen) atoms. The Balaban J connectivity index is 2.13. The van der Waals surface area contributed by atoms with Gasteiger partial charge in [-0.05, 0) is 31.7 Å². The van der Waals surface area contributed by atoms with Crippen molar-refractivity contribution in [3.05, 3.63) is 33.8 Å². The number of esters is 1. The van der Waals surface area contributed by atoms with Gasteiger partial charge in [-0.15, -0.1) is 0 Å². The molecule has 4 nitrogen and oxygen atoms in total. The average Bonchev–Trinajstić information content (AvgIpc) is 2.43. The molecule has 2 rings (SSSR count). The van der Waals surface area contributed by atoms with E-state index in [-0.39, 0.29) is 12.0 Å². The number of rotatable bonds is 4. The number of hydrogen-bond donors (Lipinski definition) is 0. The molecule has 1 aliphatic heterocycles. The van der Waals surface area contributed by atoms with Crippen LogP contribution in [-0.2, 0) is 16.1 Å². The van der Waals surface area contributed by atoms with Gasteiger partial charge in [-0.25, -0.2) is 0 Å². The van der Waals surface area contributed by atoms with Crippen LogP contribution >= 0.6 is 23.2 Å². The van der Waals surface area contributed by atoms with Gasteiger partial charge >= 0.3 is 5.97 Å². The van der Waals surface area contributed by atoms with E-state index in [1.807, 2.05) is 26.1 Å². The van der Waals surface area contributed by atoms with Crippen molar-refractivity contribution >= 4 is 29.2 Å². The van der Waals surface area contributed by atoms with Crippen LogP contribution in [-0.4, -0.2) is 55.1 Å². The summed E-state index contributed by atoms with van der Waals surface area (Å²) in [6, 6.07) is 5.20. The van der Waals surface area contributed by atoms with Gasteiger partial charge in [0.05, 0.1) is 6.61 Å².